The zero-order valence-electron chi connectivity index (χ0n) is 11.7. The van der Waals surface area contributed by atoms with Crippen molar-refractivity contribution in [1.82, 2.24) is 10.2 Å². The highest BCUT2D eigenvalue weighted by atomic mass is 16.2. The molecule has 1 atom stereocenters. The monoisotopic (exact) mass is 284 g/mol. The summed E-state index contributed by atoms with van der Waals surface area (Å²) in [5.41, 5.74) is 8.27. The third kappa shape index (κ3) is 2.40. The van der Waals surface area contributed by atoms with Gasteiger partial charge < -0.3 is 5.73 Å². The lowest BCUT2D eigenvalue weighted by Gasteiger charge is -2.11. The van der Waals surface area contributed by atoms with Gasteiger partial charge in [0.25, 0.3) is 0 Å². The molecule has 0 aliphatic carbocycles. The molecule has 108 valence electrons. The van der Waals surface area contributed by atoms with Gasteiger partial charge in [0.2, 0.25) is 11.8 Å². The maximum absolute atomic E-state index is 12.0. The van der Waals surface area contributed by atoms with Crippen LogP contribution in [0.3, 0.4) is 0 Å². The van der Waals surface area contributed by atoms with Crippen LogP contribution in [0.2, 0.25) is 0 Å². The van der Waals surface area contributed by atoms with Crippen LogP contribution >= 0.6 is 0 Å². The molecule has 2 heterocycles. The molecule has 1 unspecified atom stereocenters. The summed E-state index contributed by atoms with van der Waals surface area (Å²) in [5, 5.41) is 7.13. The van der Waals surface area contributed by atoms with Gasteiger partial charge in [-0.1, -0.05) is 24.3 Å². The molecule has 3 rings (SSSR count). The first-order valence-corrected chi connectivity index (χ1v) is 6.77. The molecule has 0 bridgehead atoms. The third-order valence-electron chi connectivity index (χ3n) is 3.80. The van der Waals surface area contributed by atoms with Gasteiger partial charge in [-0.25, -0.2) is 0 Å². The first-order valence-electron chi connectivity index (χ1n) is 6.77. The number of nitrogens with zero attached hydrogens (tertiary/aromatic N) is 2. The van der Waals surface area contributed by atoms with E-state index in [9.17, 15) is 9.59 Å². The minimum atomic E-state index is -0.444. The number of benzene rings is 1. The predicted octanol–water partition coefficient (Wildman–Crippen LogP) is 1.22. The number of primary amides is 1. The molecule has 2 aromatic rings. The van der Waals surface area contributed by atoms with Crippen molar-refractivity contribution in [2.45, 2.75) is 13.3 Å². The third-order valence-corrected chi connectivity index (χ3v) is 3.80. The fraction of sp³-hybridized carbons (Fsp3) is 0.267. The molecule has 1 saturated heterocycles. The molecule has 2 amide bonds. The highest BCUT2D eigenvalue weighted by molar-refractivity contribution is 5.99. The van der Waals surface area contributed by atoms with Gasteiger partial charge in [-0.05, 0) is 12.5 Å². The van der Waals surface area contributed by atoms with Crippen molar-refractivity contribution in [2.75, 3.05) is 11.4 Å². The smallest absolute Gasteiger partial charge is 0.229 e. The molecule has 21 heavy (non-hydrogen) atoms. The Morgan fingerprint density at radius 1 is 1.43 bits per heavy atom. The summed E-state index contributed by atoms with van der Waals surface area (Å²) in [4.78, 5) is 24.7. The lowest BCUT2D eigenvalue weighted by atomic mass is 10.1. The van der Waals surface area contributed by atoms with Crippen LogP contribution in [0.1, 0.15) is 12.0 Å². The summed E-state index contributed by atoms with van der Waals surface area (Å²) < 4.78 is 0. The first-order chi connectivity index (χ1) is 10.1. The second-order valence-electron chi connectivity index (χ2n) is 5.26. The molecular formula is C15H16N4O2. The van der Waals surface area contributed by atoms with Gasteiger partial charge in [-0.2, -0.15) is 5.10 Å². The number of rotatable bonds is 3. The van der Waals surface area contributed by atoms with Crippen molar-refractivity contribution >= 4 is 17.6 Å². The molecule has 0 saturated carbocycles. The molecule has 6 nitrogen and oxygen atoms in total. The number of anilines is 1. The zero-order valence-corrected chi connectivity index (χ0v) is 11.7. The summed E-state index contributed by atoms with van der Waals surface area (Å²) in [6.07, 6.45) is 0.155. The number of carbonyl (C=O) groups is 2. The van der Waals surface area contributed by atoms with E-state index < -0.39 is 11.8 Å². The van der Waals surface area contributed by atoms with Crippen molar-refractivity contribution in [1.29, 1.82) is 0 Å². The van der Waals surface area contributed by atoms with Gasteiger partial charge in [0, 0.05) is 24.6 Å². The molecule has 1 aliphatic heterocycles. The van der Waals surface area contributed by atoms with Crippen molar-refractivity contribution in [3.63, 3.8) is 0 Å². The fourth-order valence-electron chi connectivity index (χ4n) is 2.58. The quantitative estimate of drug-likeness (QED) is 0.887. The Hall–Kier alpha value is -2.63. The molecule has 3 N–H and O–H groups in total. The second-order valence-corrected chi connectivity index (χ2v) is 5.26. The minimum absolute atomic E-state index is 0.123. The Labute approximate surface area is 121 Å². The summed E-state index contributed by atoms with van der Waals surface area (Å²) in [6, 6.07) is 9.75. The molecule has 1 fully saturated rings. The van der Waals surface area contributed by atoms with Gasteiger partial charge in [0.05, 0.1) is 11.6 Å². The predicted molar refractivity (Wildman–Crippen MR) is 78.4 cm³/mol. The number of aromatic amines is 1. The van der Waals surface area contributed by atoms with E-state index >= 15 is 0 Å². The molecule has 1 aliphatic rings. The number of nitrogens with one attached hydrogen (secondary N) is 1. The van der Waals surface area contributed by atoms with E-state index in [0.717, 1.165) is 16.8 Å². The highest BCUT2D eigenvalue weighted by Crippen LogP contribution is 2.28. The van der Waals surface area contributed by atoms with Crippen LogP contribution in [0.25, 0.3) is 11.3 Å². The average Bonchev–Trinajstić information content (AvgIpc) is 3.05. The lowest BCUT2D eigenvalue weighted by Crippen LogP contribution is -2.28. The van der Waals surface area contributed by atoms with Gasteiger partial charge in [-0.3, -0.25) is 19.6 Å². The summed E-state index contributed by atoms with van der Waals surface area (Å²) in [5.74, 6) is -0.472. The maximum Gasteiger partial charge on any atom is 0.229 e. The molecular weight excluding hydrogens is 268 g/mol. The van der Waals surface area contributed by atoms with Crippen molar-refractivity contribution < 1.29 is 9.59 Å². The van der Waals surface area contributed by atoms with Crippen LogP contribution in [0.5, 0.6) is 0 Å². The average molecular weight is 284 g/mol. The van der Waals surface area contributed by atoms with E-state index in [0.29, 0.717) is 12.4 Å². The Morgan fingerprint density at radius 3 is 2.86 bits per heavy atom. The van der Waals surface area contributed by atoms with Crippen LogP contribution in [0.4, 0.5) is 5.82 Å². The molecule has 1 aromatic carbocycles. The van der Waals surface area contributed by atoms with E-state index in [1.165, 1.54) is 4.90 Å². The van der Waals surface area contributed by atoms with Crippen molar-refractivity contribution in [2.24, 2.45) is 11.7 Å². The SMILES string of the molecule is Cc1ccccc1-c1cc(N2CC(C(N)=O)CC2=O)n[nH]1. The first kappa shape index (κ1) is 13.4. The number of nitrogens with two attached hydrogens (primary N) is 1. The zero-order chi connectivity index (χ0) is 15.0. The number of aromatic nitrogens is 2. The summed E-state index contributed by atoms with van der Waals surface area (Å²) >= 11 is 0. The van der Waals surface area contributed by atoms with Gasteiger partial charge >= 0.3 is 0 Å². The van der Waals surface area contributed by atoms with E-state index in [1.54, 1.807) is 0 Å². The Kier molecular flexibility index (Phi) is 3.21. The van der Waals surface area contributed by atoms with Crippen molar-refractivity contribution in [3.8, 4) is 11.3 Å². The molecule has 6 heteroatoms. The van der Waals surface area contributed by atoms with Crippen molar-refractivity contribution in [3.05, 3.63) is 35.9 Å². The Bertz CT molecular complexity index is 707. The van der Waals surface area contributed by atoms with E-state index in [-0.39, 0.29) is 12.3 Å². The molecule has 0 radical (unpaired) electrons. The minimum Gasteiger partial charge on any atom is -0.369 e. The topological polar surface area (TPSA) is 92.1 Å². The van der Waals surface area contributed by atoms with Crippen LogP contribution < -0.4 is 10.6 Å². The number of H-pyrrole nitrogens is 1. The number of amides is 2. The van der Waals surface area contributed by atoms with Gasteiger partial charge in [0.1, 0.15) is 0 Å². The van der Waals surface area contributed by atoms with Crippen LogP contribution in [-0.2, 0) is 9.59 Å². The van der Waals surface area contributed by atoms with E-state index in [1.807, 2.05) is 37.3 Å². The number of carbonyl (C=O) groups excluding carboxylic acids is 2. The maximum atomic E-state index is 12.0. The van der Waals surface area contributed by atoms with Gasteiger partial charge in [-0.15, -0.1) is 0 Å². The fourth-order valence-corrected chi connectivity index (χ4v) is 2.58. The van der Waals surface area contributed by atoms with Crippen LogP contribution in [0, 0.1) is 12.8 Å². The summed E-state index contributed by atoms with van der Waals surface area (Å²) in [7, 11) is 0. The van der Waals surface area contributed by atoms with E-state index in [4.69, 9.17) is 5.73 Å². The van der Waals surface area contributed by atoms with Crippen LogP contribution in [0.15, 0.2) is 30.3 Å². The standard InChI is InChI=1S/C15H16N4O2/c1-9-4-2-3-5-11(9)12-7-13(18-17-12)19-8-10(15(16)21)6-14(19)20/h2-5,7,10H,6,8H2,1H3,(H2,16,21)(H,17,18). The molecule has 0 spiro atoms. The Morgan fingerprint density at radius 2 is 2.19 bits per heavy atom. The van der Waals surface area contributed by atoms with E-state index in [2.05, 4.69) is 10.2 Å². The second kappa shape index (κ2) is 5.05. The Balaban J connectivity index is 1.88. The summed E-state index contributed by atoms with van der Waals surface area (Å²) in [6.45, 7) is 2.31. The number of hydrogen-bond donors (Lipinski definition) is 2. The number of aryl methyl sites for hydroxylation is 1. The lowest BCUT2D eigenvalue weighted by molar-refractivity contribution is -0.123. The molecule has 1 aromatic heterocycles. The van der Waals surface area contributed by atoms with Crippen LogP contribution in [-0.4, -0.2) is 28.6 Å². The number of hydrogen-bond acceptors (Lipinski definition) is 3. The van der Waals surface area contributed by atoms with Gasteiger partial charge in [0.15, 0.2) is 5.82 Å². The normalized spacial score (nSPS) is 18.2. The largest absolute Gasteiger partial charge is 0.369 e. The highest BCUT2D eigenvalue weighted by Gasteiger charge is 2.35.